The number of aromatic nitrogens is 1. The zero-order chi connectivity index (χ0) is 9.97. The van der Waals surface area contributed by atoms with Gasteiger partial charge in [-0.25, -0.2) is 4.98 Å². The van der Waals surface area contributed by atoms with Gasteiger partial charge in [0.25, 0.3) is 0 Å². The number of anilines is 2. The Morgan fingerprint density at radius 3 is 3.21 bits per heavy atom. The number of aryl methyl sites for hydroxylation is 1. The van der Waals surface area contributed by atoms with Crippen molar-refractivity contribution in [3.8, 4) is 0 Å². The van der Waals surface area contributed by atoms with Crippen molar-refractivity contribution in [3.63, 3.8) is 0 Å². The summed E-state index contributed by atoms with van der Waals surface area (Å²) in [6.07, 6.45) is 3.11. The Morgan fingerprint density at radius 2 is 2.43 bits per heavy atom. The molecular weight excluding hydrogens is 174 g/mol. The lowest BCUT2D eigenvalue weighted by Gasteiger charge is -2.30. The quantitative estimate of drug-likeness (QED) is 0.775. The molecule has 0 unspecified atom stereocenters. The lowest BCUT2D eigenvalue weighted by molar-refractivity contribution is 0.746. The standard InChI is InChI=1S/C11H17N3/c1-3-5-14-6-4-12-10-7-9(2)8-13-11(10)14/h7-8,12H,3-6H2,1-2H3. The number of nitrogens with zero attached hydrogens (tertiary/aromatic N) is 2. The number of nitrogens with one attached hydrogen (secondary N) is 1. The monoisotopic (exact) mass is 191 g/mol. The Labute approximate surface area is 85.1 Å². The Kier molecular flexibility index (Phi) is 2.57. The number of pyridine rings is 1. The van der Waals surface area contributed by atoms with Crippen LogP contribution in [0.4, 0.5) is 11.5 Å². The molecule has 0 aliphatic carbocycles. The molecule has 14 heavy (non-hydrogen) atoms. The minimum absolute atomic E-state index is 1.03. The Morgan fingerprint density at radius 1 is 1.57 bits per heavy atom. The fourth-order valence-corrected chi connectivity index (χ4v) is 1.86. The molecule has 1 N–H and O–H groups in total. The zero-order valence-corrected chi connectivity index (χ0v) is 8.88. The fraction of sp³-hybridized carbons (Fsp3) is 0.545. The second-order valence-electron chi connectivity index (χ2n) is 3.80. The van der Waals surface area contributed by atoms with E-state index < -0.39 is 0 Å². The van der Waals surface area contributed by atoms with Gasteiger partial charge in [-0.3, -0.25) is 0 Å². The minimum atomic E-state index is 1.03. The van der Waals surface area contributed by atoms with Gasteiger partial charge in [-0.05, 0) is 25.0 Å². The van der Waals surface area contributed by atoms with Crippen molar-refractivity contribution < 1.29 is 0 Å². The lowest BCUT2D eigenvalue weighted by Crippen LogP contribution is -2.35. The minimum Gasteiger partial charge on any atom is -0.380 e. The van der Waals surface area contributed by atoms with E-state index in [0.29, 0.717) is 0 Å². The van der Waals surface area contributed by atoms with E-state index in [1.165, 1.54) is 17.7 Å². The van der Waals surface area contributed by atoms with E-state index in [2.05, 4.69) is 35.1 Å². The van der Waals surface area contributed by atoms with Gasteiger partial charge in [0, 0.05) is 25.8 Å². The molecule has 0 fully saturated rings. The molecule has 0 atom stereocenters. The van der Waals surface area contributed by atoms with Crippen molar-refractivity contribution in [3.05, 3.63) is 17.8 Å². The highest BCUT2D eigenvalue weighted by atomic mass is 15.2. The van der Waals surface area contributed by atoms with Crippen LogP contribution in [-0.2, 0) is 0 Å². The van der Waals surface area contributed by atoms with Gasteiger partial charge in [-0.2, -0.15) is 0 Å². The third-order valence-electron chi connectivity index (χ3n) is 2.49. The molecule has 0 bridgehead atoms. The summed E-state index contributed by atoms with van der Waals surface area (Å²) in [5.41, 5.74) is 2.40. The number of rotatable bonds is 2. The predicted octanol–water partition coefficient (Wildman–Crippen LogP) is 2.03. The molecule has 1 aromatic rings. The number of hydrogen-bond donors (Lipinski definition) is 1. The van der Waals surface area contributed by atoms with Crippen LogP contribution in [0.5, 0.6) is 0 Å². The first kappa shape index (κ1) is 9.31. The molecule has 1 aliphatic rings. The van der Waals surface area contributed by atoms with Crippen LogP contribution in [0.25, 0.3) is 0 Å². The lowest BCUT2D eigenvalue weighted by atomic mass is 10.2. The molecule has 2 rings (SSSR count). The summed E-state index contributed by atoms with van der Waals surface area (Å²) in [7, 11) is 0. The number of fused-ring (bicyclic) bond motifs is 1. The third kappa shape index (κ3) is 1.67. The molecule has 2 heterocycles. The summed E-state index contributed by atoms with van der Waals surface area (Å²) in [5.74, 6) is 1.11. The molecule has 1 aromatic heterocycles. The van der Waals surface area contributed by atoms with Gasteiger partial charge in [-0.1, -0.05) is 6.92 Å². The van der Waals surface area contributed by atoms with Crippen molar-refractivity contribution in [1.29, 1.82) is 0 Å². The first-order chi connectivity index (χ1) is 6.81. The van der Waals surface area contributed by atoms with Crippen LogP contribution in [0.1, 0.15) is 18.9 Å². The summed E-state index contributed by atoms with van der Waals surface area (Å²) < 4.78 is 0. The van der Waals surface area contributed by atoms with Gasteiger partial charge in [0.05, 0.1) is 5.69 Å². The van der Waals surface area contributed by atoms with Crippen LogP contribution in [0.2, 0.25) is 0 Å². The second-order valence-corrected chi connectivity index (χ2v) is 3.80. The van der Waals surface area contributed by atoms with E-state index in [9.17, 15) is 0 Å². The molecule has 3 nitrogen and oxygen atoms in total. The van der Waals surface area contributed by atoms with Crippen molar-refractivity contribution in [1.82, 2.24) is 4.98 Å². The summed E-state index contributed by atoms with van der Waals surface area (Å²) in [5, 5.41) is 3.39. The maximum absolute atomic E-state index is 4.48. The molecule has 0 saturated heterocycles. The van der Waals surface area contributed by atoms with Gasteiger partial charge in [0.2, 0.25) is 0 Å². The maximum Gasteiger partial charge on any atom is 0.152 e. The largest absolute Gasteiger partial charge is 0.380 e. The molecule has 0 amide bonds. The second kappa shape index (κ2) is 3.86. The van der Waals surface area contributed by atoms with Gasteiger partial charge >= 0.3 is 0 Å². The highest BCUT2D eigenvalue weighted by Crippen LogP contribution is 2.26. The van der Waals surface area contributed by atoms with Gasteiger partial charge < -0.3 is 10.2 Å². The van der Waals surface area contributed by atoms with Crippen molar-refractivity contribution in [2.45, 2.75) is 20.3 Å². The summed E-state index contributed by atoms with van der Waals surface area (Å²) >= 11 is 0. The van der Waals surface area contributed by atoms with E-state index in [-0.39, 0.29) is 0 Å². The Balaban J connectivity index is 2.30. The maximum atomic E-state index is 4.48. The zero-order valence-electron chi connectivity index (χ0n) is 8.88. The van der Waals surface area contributed by atoms with E-state index >= 15 is 0 Å². The van der Waals surface area contributed by atoms with Crippen LogP contribution in [0.15, 0.2) is 12.3 Å². The van der Waals surface area contributed by atoms with Crippen LogP contribution in [-0.4, -0.2) is 24.6 Å². The average Bonchev–Trinajstić information content (AvgIpc) is 2.18. The highest BCUT2D eigenvalue weighted by molar-refractivity contribution is 5.68. The molecule has 3 heteroatoms. The molecule has 0 spiro atoms. The van der Waals surface area contributed by atoms with Gasteiger partial charge in [0.15, 0.2) is 5.82 Å². The van der Waals surface area contributed by atoms with E-state index in [4.69, 9.17) is 0 Å². The average molecular weight is 191 g/mol. The highest BCUT2D eigenvalue weighted by Gasteiger charge is 2.16. The van der Waals surface area contributed by atoms with Crippen molar-refractivity contribution in [2.24, 2.45) is 0 Å². The topological polar surface area (TPSA) is 28.2 Å². The molecule has 0 radical (unpaired) electrons. The predicted molar refractivity (Wildman–Crippen MR) is 60.0 cm³/mol. The molecular formula is C11H17N3. The Hall–Kier alpha value is -1.25. The van der Waals surface area contributed by atoms with Crippen LogP contribution >= 0.6 is 0 Å². The Bertz CT molecular complexity index is 322. The first-order valence-electron chi connectivity index (χ1n) is 5.26. The van der Waals surface area contributed by atoms with Gasteiger partial charge in [0.1, 0.15) is 0 Å². The van der Waals surface area contributed by atoms with E-state index in [1.54, 1.807) is 0 Å². The number of hydrogen-bond acceptors (Lipinski definition) is 3. The van der Waals surface area contributed by atoms with Crippen molar-refractivity contribution >= 4 is 11.5 Å². The van der Waals surface area contributed by atoms with Crippen LogP contribution < -0.4 is 10.2 Å². The third-order valence-corrected chi connectivity index (χ3v) is 2.49. The van der Waals surface area contributed by atoms with E-state index in [1.807, 2.05) is 6.20 Å². The van der Waals surface area contributed by atoms with Crippen molar-refractivity contribution in [2.75, 3.05) is 29.9 Å². The first-order valence-corrected chi connectivity index (χ1v) is 5.26. The SMILES string of the molecule is CCCN1CCNc2cc(C)cnc21. The normalized spacial score (nSPS) is 14.9. The summed E-state index contributed by atoms with van der Waals surface area (Å²) in [6, 6.07) is 2.17. The molecule has 0 saturated carbocycles. The van der Waals surface area contributed by atoms with E-state index in [0.717, 1.165) is 25.5 Å². The summed E-state index contributed by atoms with van der Waals surface area (Å²) in [6.45, 7) is 7.48. The molecule has 1 aliphatic heterocycles. The summed E-state index contributed by atoms with van der Waals surface area (Å²) in [4.78, 5) is 6.83. The molecule has 0 aromatic carbocycles. The fourth-order valence-electron chi connectivity index (χ4n) is 1.86. The smallest absolute Gasteiger partial charge is 0.152 e. The van der Waals surface area contributed by atoms with Crippen LogP contribution in [0, 0.1) is 6.92 Å². The molecule has 76 valence electrons. The van der Waals surface area contributed by atoms with Gasteiger partial charge in [-0.15, -0.1) is 0 Å². The van der Waals surface area contributed by atoms with Crippen LogP contribution in [0.3, 0.4) is 0 Å².